The topological polar surface area (TPSA) is 58.0 Å². The van der Waals surface area contributed by atoms with Crippen molar-refractivity contribution in [1.29, 1.82) is 5.41 Å². The van der Waals surface area contributed by atoms with Crippen molar-refractivity contribution in [3.05, 3.63) is 82.7 Å². The molecule has 2 unspecified atom stereocenters. The Kier molecular flexibility index (Phi) is 8.80. The highest BCUT2D eigenvalue weighted by Crippen LogP contribution is 2.41. The smallest absolute Gasteiger partial charge is 0.130 e. The molecule has 1 aromatic heterocycles. The highest BCUT2D eigenvalue weighted by Gasteiger charge is 2.34. The summed E-state index contributed by atoms with van der Waals surface area (Å²) in [5.74, 6) is 2.79. The lowest BCUT2D eigenvalue weighted by Gasteiger charge is -2.37. The van der Waals surface area contributed by atoms with Gasteiger partial charge in [0, 0.05) is 46.2 Å². The van der Waals surface area contributed by atoms with E-state index in [2.05, 4.69) is 49.2 Å². The van der Waals surface area contributed by atoms with Crippen LogP contribution in [0.2, 0.25) is 0 Å². The molecule has 2 aliphatic carbocycles. The van der Waals surface area contributed by atoms with E-state index >= 15 is 0 Å². The summed E-state index contributed by atoms with van der Waals surface area (Å²) in [4.78, 5) is 4.89. The maximum absolute atomic E-state index is 9.00. The molecule has 0 amide bonds. The lowest BCUT2D eigenvalue weighted by Crippen LogP contribution is -2.32. The van der Waals surface area contributed by atoms with Crippen LogP contribution in [-0.2, 0) is 4.74 Å². The monoisotopic (exact) mass is 491 g/mol. The van der Waals surface area contributed by atoms with Gasteiger partial charge in [-0.25, -0.2) is 4.98 Å². The van der Waals surface area contributed by atoms with Gasteiger partial charge in [-0.3, -0.25) is 0 Å². The number of halogens is 1. The van der Waals surface area contributed by atoms with Gasteiger partial charge in [-0.15, -0.1) is 0 Å². The summed E-state index contributed by atoms with van der Waals surface area (Å²) in [7, 11) is 0. The van der Waals surface area contributed by atoms with E-state index in [9.17, 15) is 0 Å². The summed E-state index contributed by atoms with van der Waals surface area (Å²) in [6.07, 6.45) is 19.6. The van der Waals surface area contributed by atoms with E-state index in [1.54, 1.807) is 0 Å². The van der Waals surface area contributed by atoms with E-state index in [-0.39, 0.29) is 0 Å². The molecule has 0 radical (unpaired) electrons. The first-order valence-corrected chi connectivity index (χ1v) is 13.3. The Morgan fingerprint density at radius 1 is 1.29 bits per heavy atom. The summed E-state index contributed by atoms with van der Waals surface area (Å²) in [5, 5.41) is 12.9. The lowest BCUT2D eigenvalue weighted by atomic mass is 9.68. The minimum Gasteiger partial charge on any atom is -0.381 e. The zero-order valence-corrected chi connectivity index (χ0v) is 21.8. The van der Waals surface area contributed by atoms with Gasteiger partial charge in [0.2, 0.25) is 0 Å². The van der Waals surface area contributed by atoms with Crippen molar-refractivity contribution in [3.8, 4) is 0 Å². The lowest BCUT2D eigenvalue weighted by molar-refractivity contribution is 0.193. The molecular weight excluding hydrogens is 454 g/mol. The minimum absolute atomic E-state index is 0.290. The fourth-order valence-corrected chi connectivity index (χ4v) is 5.50. The van der Waals surface area contributed by atoms with Gasteiger partial charge in [-0.1, -0.05) is 48.6 Å². The number of aromatic nitrogens is 1. The van der Waals surface area contributed by atoms with E-state index in [4.69, 9.17) is 26.7 Å². The van der Waals surface area contributed by atoms with Crippen molar-refractivity contribution in [2.24, 2.45) is 17.8 Å². The van der Waals surface area contributed by atoms with Crippen LogP contribution in [0, 0.1) is 30.1 Å². The second kappa shape index (κ2) is 12.0. The molecule has 5 heteroatoms. The molecule has 1 saturated carbocycles. The van der Waals surface area contributed by atoms with Gasteiger partial charge in [0.05, 0.1) is 6.61 Å². The number of aryl methyl sites for hydroxylation is 1. The van der Waals surface area contributed by atoms with Crippen LogP contribution in [0.5, 0.6) is 0 Å². The molecule has 3 aliphatic rings. The number of rotatable bonds is 10. The first kappa shape index (κ1) is 25.7. The van der Waals surface area contributed by atoms with Gasteiger partial charge in [-0.05, 0) is 88.0 Å². The molecule has 4 nitrogen and oxygen atoms in total. The summed E-state index contributed by atoms with van der Waals surface area (Å²) < 4.78 is 5.57. The molecule has 1 saturated heterocycles. The van der Waals surface area contributed by atoms with Gasteiger partial charge in [0.15, 0.2) is 0 Å². The average Bonchev–Trinajstić information content (AvgIpc) is 3.33. The zero-order chi connectivity index (χ0) is 24.8. The molecule has 2 atom stereocenters. The molecule has 0 spiro atoms. The van der Waals surface area contributed by atoms with E-state index in [1.165, 1.54) is 12.8 Å². The summed E-state index contributed by atoms with van der Waals surface area (Å²) in [5.41, 5.74) is 4.54. The van der Waals surface area contributed by atoms with E-state index in [0.29, 0.717) is 28.5 Å². The molecule has 1 aromatic rings. The molecule has 0 aromatic carbocycles. The van der Waals surface area contributed by atoms with Crippen LogP contribution in [0.3, 0.4) is 0 Å². The molecule has 2 N–H and O–H groups in total. The highest BCUT2D eigenvalue weighted by molar-refractivity contribution is 6.31. The van der Waals surface area contributed by atoms with E-state index in [1.807, 2.05) is 25.1 Å². The Morgan fingerprint density at radius 2 is 2.11 bits per heavy atom. The third-order valence-corrected chi connectivity index (χ3v) is 7.54. The fourth-order valence-electron chi connectivity index (χ4n) is 5.39. The van der Waals surface area contributed by atoms with Crippen molar-refractivity contribution in [2.45, 2.75) is 58.3 Å². The van der Waals surface area contributed by atoms with Crippen LogP contribution in [0.25, 0.3) is 0 Å². The third kappa shape index (κ3) is 6.83. The zero-order valence-electron chi connectivity index (χ0n) is 21.0. The molecule has 4 rings (SSSR count). The van der Waals surface area contributed by atoms with Crippen molar-refractivity contribution < 1.29 is 4.74 Å². The molecule has 0 bridgehead atoms. The van der Waals surface area contributed by atoms with Crippen LogP contribution in [0.15, 0.2) is 71.5 Å². The van der Waals surface area contributed by atoms with Gasteiger partial charge in [0.25, 0.3) is 0 Å². The SMILES string of the molecule is C=C(Cl)/C=C(Nc1cc(C)cc(C2CCOC2)n1)\C(=C/C)C(=N)C1CC(CCC2C=CC=CC2)C1. The van der Waals surface area contributed by atoms with Crippen molar-refractivity contribution in [3.63, 3.8) is 0 Å². The number of nitrogens with one attached hydrogen (secondary N) is 2. The standard InChI is InChI=1S/C30H38ClN3O/c1-4-26(30(32)25-17-23(18-25)11-10-22-8-6-5-7-9-22)28(16-21(3)31)34-29-15-20(2)14-27(33-29)24-12-13-35-19-24/h4-8,14-16,22-25,32H,3,9-13,17-19H2,1-2H3,(H,33,34)/b26-4+,28-16+,32-30?. The summed E-state index contributed by atoms with van der Waals surface area (Å²) in [6.45, 7) is 9.46. The second-order valence-electron chi connectivity index (χ2n) is 10.2. The second-order valence-corrected chi connectivity index (χ2v) is 10.7. The predicted molar refractivity (Wildman–Crippen MR) is 147 cm³/mol. The normalized spacial score (nSPS) is 26.5. The van der Waals surface area contributed by atoms with Crippen LogP contribution in [-0.4, -0.2) is 23.9 Å². The van der Waals surface area contributed by atoms with Crippen molar-refractivity contribution in [1.82, 2.24) is 4.98 Å². The number of allylic oxidation sites excluding steroid dienone is 8. The number of anilines is 1. The number of hydrogen-bond donors (Lipinski definition) is 2. The quantitative estimate of drug-likeness (QED) is 0.259. The number of hydrogen-bond acceptors (Lipinski definition) is 4. The summed E-state index contributed by atoms with van der Waals surface area (Å²) >= 11 is 6.22. The van der Waals surface area contributed by atoms with Gasteiger partial charge >= 0.3 is 0 Å². The predicted octanol–water partition coefficient (Wildman–Crippen LogP) is 7.85. The molecule has 1 aliphatic heterocycles. The van der Waals surface area contributed by atoms with Gasteiger partial charge in [-0.2, -0.15) is 0 Å². The Hall–Kier alpha value is -2.43. The molecular formula is C30H38ClN3O. The van der Waals surface area contributed by atoms with E-state index < -0.39 is 0 Å². The Bertz CT molecular complexity index is 1060. The Morgan fingerprint density at radius 3 is 2.77 bits per heavy atom. The highest BCUT2D eigenvalue weighted by atomic mass is 35.5. The number of nitrogens with zero attached hydrogens (tertiary/aromatic N) is 1. The number of ether oxygens (including phenoxy) is 1. The summed E-state index contributed by atoms with van der Waals surface area (Å²) in [6, 6.07) is 4.18. The average molecular weight is 492 g/mol. The first-order valence-electron chi connectivity index (χ1n) is 12.9. The Balaban J connectivity index is 1.41. The van der Waals surface area contributed by atoms with Crippen LogP contribution in [0.1, 0.15) is 62.6 Å². The van der Waals surface area contributed by atoms with Crippen LogP contribution in [0.4, 0.5) is 5.82 Å². The minimum atomic E-state index is 0.290. The van der Waals surface area contributed by atoms with Gasteiger partial charge < -0.3 is 15.5 Å². The largest absolute Gasteiger partial charge is 0.381 e. The van der Waals surface area contributed by atoms with Crippen molar-refractivity contribution >= 4 is 23.1 Å². The maximum atomic E-state index is 9.00. The maximum Gasteiger partial charge on any atom is 0.130 e. The van der Waals surface area contributed by atoms with Crippen molar-refractivity contribution in [2.75, 3.05) is 18.5 Å². The van der Waals surface area contributed by atoms with E-state index in [0.717, 1.165) is 73.2 Å². The molecule has 186 valence electrons. The third-order valence-electron chi connectivity index (χ3n) is 7.43. The molecule has 35 heavy (non-hydrogen) atoms. The number of pyridine rings is 1. The van der Waals surface area contributed by atoms with Gasteiger partial charge in [0.1, 0.15) is 5.82 Å². The van der Waals surface area contributed by atoms with Crippen LogP contribution >= 0.6 is 11.6 Å². The Labute approximate surface area is 215 Å². The molecule has 2 fully saturated rings. The molecule has 2 heterocycles. The fraction of sp³-hybridized carbons (Fsp3) is 0.467. The van der Waals surface area contributed by atoms with Crippen LogP contribution < -0.4 is 5.32 Å². The first-order chi connectivity index (χ1) is 16.9.